The van der Waals surface area contributed by atoms with Crippen molar-refractivity contribution in [3.8, 4) is 11.3 Å². The summed E-state index contributed by atoms with van der Waals surface area (Å²) < 4.78 is 0. The lowest BCUT2D eigenvalue weighted by atomic mass is 10.1. The Hall–Kier alpha value is -2.54. The highest BCUT2D eigenvalue weighted by molar-refractivity contribution is 5.66. The highest BCUT2D eigenvalue weighted by atomic mass is 16.6. The Kier molecular flexibility index (Phi) is 3.16. The van der Waals surface area contributed by atoms with E-state index in [0.29, 0.717) is 17.1 Å². The van der Waals surface area contributed by atoms with Crippen LogP contribution in [0.25, 0.3) is 11.3 Å². The smallest absolute Gasteiger partial charge is 0.270 e. The van der Waals surface area contributed by atoms with Crippen LogP contribution in [-0.2, 0) is 0 Å². The van der Waals surface area contributed by atoms with Gasteiger partial charge in [0.1, 0.15) is 0 Å². The van der Waals surface area contributed by atoms with E-state index >= 15 is 0 Å². The van der Waals surface area contributed by atoms with E-state index in [1.165, 1.54) is 12.1 Å². The maximum Gasteiger partial charge on any atom is 0.270 e. The zero-order valence-electron chi connectivity index (χ0n) is 9.62. The number of rotatable bonds is 3. The second-order valence-electron chi connectivity index (χ2n) is 3.71. The molecule has 2 aromatic rings. The molecule has 0 amide bonds. The van der Waals surface area contributed by atoms with E-state index in [4.69, 9.17) is 5.84 Å². The number of aromatic nitrogens is 2. The normalized spacial score (nSPS) is 10.1. The molecular weight excluding hydrogens is 234 g/mol. The Bertz CT molecular complexity index is 600. The number of aryl methyl sites for hydroxylation is 1. The second-order valence-corrected chi connectivity index (χ2v) is 3.71. The third kappa shape index (κ3) is 2.25. The molecule has 0 saturated carbocycles. The summed E-state index contributed by atoms with van der Waals surface area (Å²) in [7, 11) is 0. The predicted molar refractivity (Wildman–Crippen MR) is 66.7 cm³/mol. The molecule has 1 aromatic heterocycles. The Morgan fingerprint density at radius 3 is 2.72 bits per heavy atom. The van der Waals surface area contributed by atoms with Crippen molar-refractivity contribution in [3.05, 3.63) is 46.0 Å². The molecule has 92 valence electrons. The number of non-ortho nitro benzene ring substituents is 1. The molecule has 18 heavy (non-hydrogen) atoms. The van der Waals surface area contributed by atoms with Gasteiger partial charge >= 0.3 is 0 Å². The van der Waals surface area contributed by atoms with Crippen LogP contribution in [0.3, 0.4) is 0 Å². The molecule has 0 bridgehead atoms. The topological polar surface area (TPSA) is 107 Å². The van der Waals surface area contributed by atoms with Gasteiger partial charge in [-0.05, 0) is 18.6 Å². The van der Waals surface area contributed by atoms with E-state index < -0.39 is 4.92 Å². The van der Waals surface area contributed by atoms with Gasteiger partial charge in [-0.2, -0.15) is 0 Å². The van der Waals surface area contributed by atoms with E-state index in [2.05, 4.69) is 15.6 Å². The first-order valence-corrected chi connectivity index (χ1v) is 5.17. The van der Waals surface area contributed by atoms with Crippen LogP contribution in [0, 0.1) is 17.0 Å². The standard InChI is InChI=1S/C11H11N5O2/c1-7-5-10(13-12)14-15-11(7)8-3-2-4-9(6-8)16(17)18/h2-6H,12H2,1H3,(H,13,14). The van der Waals surface area contributed by atoms with Gasteiger partial charge < -0.3 is 5.43 Å². The summed E-state index contributed by atoms with van der Waals surface area (Å²) in [5.41, 5.74) is 4.49. The maximum absolute atomic E-state index is 10.7. The van der Waals surface area contributed by atoms with E-state index in [0.717, 1.165) is 5.56 Å². The Labute approximate surface area is 103 Å². The average molecular weight is 245 g/mol. The second kappa shape index (κ2) is 4.76. The molecular formula is C11H11N5O2. The first kappa shape index (κ1) is 11.9. The van der Waals surface area contributed by atoms with Crippen LogP contribution in [-0.4, -0.2) is 15.1 Å². The number of nitrogens with two attached hydrogens (primary N) is 1. The quantitative estimate of drug-likeness (QED) is 0.483. The fourth-order valence-electron chi connectivity index (χ4n) is 1.61. The molecule has 0 unspecified atom stereocenters. The predicted octanol–water partition coefficient (Wildman–Crippen LogP) is 1.65. The zero-order chi connectivity index (χ0) is 13.1. The molecule has 7 heteroatoms. The lowest BCUT2D eigenvalue weighted by molar-refractivity contribution is -0.384. The number of nitrogen functional groups attached to an aromatic ring is 1. The lowest BCUT2D eigenvalue weighted by Gasteiger charge is -2.05. The Balaban J connectivity index is 2.48. The van der Waals surface area contributed by atoms with Gasteiger partial charge in [-0.1, -0.05) is 12.1 Å². The summed E-state index contributed by atoms with van der Waals surface area (Å²) in [5.74, 6) is 5.68. The minimum Gasteiger partial charge on any atom is -0.307 e. The molecule has 0 radical (unpaired) electrons. The Morgan fingerprint density at radius 1 is 1.33 bits per heavy atom. The average Bonchev–Trinajstić information content (AvgIpc) is 2.38. The van der Waals surface area contributed by atoms with E-state index in [1.807, 2.05) is 6.92 Å². The number of nitrogens with zero attached hydrogens (tertiary/aromatic N) is 3. The molecule has 0 saturated heterocycles. The number of nitro groups is 1. The van der Waals surface area contributed by atoms with Crippen LogP contribution in [0.15, 0.2) is 30.3 Å². The number of nitro benzene ring substituents is 1. The van der Waals surface area contributed by atoms with Crippen LogP contribution in [0.2, 0.25) is 0 Å². The molecule has 3 N–H and O–H groups in total. The summed E-state index contributed by atoms with van der Waals surface area (Å²) >= 11 is 0. The molecule has 7 nitrogen and oxygen atoms in total. The van der Waals surface area contributed by atoms with Crippen LogP contribution in [0.5, 0.6) is 0 Å². The first-order chi connectivity index (χ1) is 8.61. The van der Waals surface area contributed by atoms with Crippen molar-refractivity contribution in [2.45, 2.75) is 6.92 Å². The number of hydrogen-bond acceptors (Lipinski definition) is 6. The van der Waals surface area contributed by atoms with E-state index in [1.54, 1.807) is 18.2 Å². The van der Waals surface area contributed by atoms with Crippen LogP contribution >= 0.6 is 0 Å². The maximum atomic E-state index is 10.7. The summed E-state index contributed by atoms with van der Waals surface area (Å²) in [6.07, 6.45) is 0. The summed E-state index contributed by atoms with van der Waals surface area (Å²) in [4.78, 5) is 10.3. The van der Waals surface area contributed by atoms with Crippen molar-refractivity contribution in [2.75, 3.05) is 5.43 Å². The van der Waals surface area contributed by atoms with Gasteiger partial charge in [-0.25, -0.2) is 5.84 Å². The van der Waals surface area contributed by atoms with Gasteiger partial charge in [0, 0.05) is 17.7 Å². The summed E-state index contributed by atoms with van der Waals surface area (Å²) in [5, 5.41) is 18.6. The van der Waals surface area contributed by atoms with Crippen LogP contribution in [0.4, 0.5) is 11.5 Å². The SMILES string of the molecule is Cc1cc(NN)nnc1-c1cccc([N+](=O)[O-])c1. The minimum atomic E-state index is -0.442. The van der Waals surface area contributed by atoms with Crippen LogP contribution in [0.1, 0.15) is 5.56 Å². The largest absolute Gasteiger partial charge is 0.307 e. The molecule has 2 rings (SSSR count). The molecule has 0 aliphatic carbocycles. The van der Waals surface area contributed by atoms with Crippen LogP contribution < -0.4 is 11.3 Å². The van der Waals surface area contributed by atoms with Crippen molar-refractivity contribution in [1.29, 1.82) is 0 Å². The van der Waals surface area contributed by atoms with Crippen molar-refractivity contribution in [1.82, 2.24) is 10.2 Å². The fraction of sp³-hybridized carbons (Fsp3) is 0.0909. The molecule has 0 atom stereocenters. The number of anilines is 1. The van der Waals surface area contributed by atoms with Crippen molar-refractivity contribution in [2.24, 2.45) is 5.84 Å². The summed E-state index contributed by atoms with van der Waals surface area (Å²) in [6, 6.07) is 7.99. The molecule has 0 fully saturated rings. The van der Waals surface area contributed by atoms with Gasteiger partial charge in [0.2, 0.25) is 0 Å². The number of hydrazine groups is 1. The zero-order valence-corrected chi connectivity index (χ0v) is 9.62. The van der Waals surface area contributed by atoms with Crippen molar-refractivity contribution < 1.29 is 4.92 Å². The third-order valence-electron chi connectivity index (χ3n) is 2.46. The van der Waals surface area contributed by atoms with E-state index in [9.17, 15) is 10.1 Å². The number of nitrogens with one attached hydrogen (secondary N) is 1. The molecule has 1 heterocycles. The number of benzene rings is 1. The first-order valence-electron chi connectivity index (χ1n) is 5.17. The summed E-state index contributed by atoms with van der Waals surface area (Å²) in [6.45, 7) is 1.84. The van der Waals surface area contributed by atoms with Crippen molar-refractivity contribution in [3.63, 3.8) is 0 Å². The monoisotopic (exact) mass is 245 g/mol. The van der Waals surface area contributed by atoms with Gasteiger partial charge in [-0.3, -0.25) is 10.1 Å². The molecule has 0 aliphatic heterocycles. The molecule has 0 aliphatic rings. The minimum absolute atomic E-state index is 0.0229. The highest BCUT2D eigenvalue weighted by Crippen LogP contribution is 2.25. The number of hydrogen-bond donors (Lipinski definition) is 2. The molecule has 1 aromatic carbocycles. The lowest BCUT2D eigenvalue weighted by Crippen LogP contribution is -2.09. The van der Waals surface area contributed by atoms with Gasteiger partial charge in [0.25, 0.3) is 5.69 Å². The Morgan fingerprint density at radius 2 is 2.11 bits per heavy atom. The van der Waals surface area contributed by atoms with E-state index in [-0.39, 0.29) is 5.69 Å². The van der Waals surface area contributed by atoms with Gasteiger partial charge in [0.05, 0.1) is 10.6 Å². The molecule has 0 spiro atoms. The van der Waals surface area contributed by atoms with Crippen molar-refractivity contribution >= 4 is 11.5 Å². The highest BCUT2D eigenvalue weighted by Gasteiger charge is 2.10. The van der Waals surface area contributed by atoms with Gasteiger partial charge in [0.15, 0.2) is 5.82 Å². The third-order valence-corrected chi connectivity index (χ3v) is 2.46. The fourth-order valence-corrected chi connectivity index (χ4v) is 1.61. The van der Waals surface area contributed by atoms with Gasteiger partial charge in [-0.15, -0.1) is 10.2 Å².